The first-order valence-electron chi connectivity index (χ1n) is 12.3. The van der Waals surface area contributed by atoms with Crippen molar-refractivity contribution in [2.75, 3.05) is 20.3 Å². The monoisotopic (exact) mass is 519 g/mol. The van der Waals surface area contributed by atoms with Crippen LogP contribution >= 0.6 is 11.3 Å². The molecule has 0 spiro atoms. The van der Waals surface area contributed by atoms with E-state index in [1.165, 1.54) is 11.3 Å². The number of carbonyl (C=O) groups is 2. The van der Waals surface area contributed by atoms with Gasteiger partial charge in [0.25, 0.3) is 0 Å². The molecule has 1 saturated heterocycles. The van der Waals surface area contributed by atoms with Gasteiger partial charge >= 0.3 is 0 Å². The maximum absolute atomic E-state index is 13.9. The minimum absolute atomic E-state index is 0.000175. The Hall–Kier alpha value is -3.76. The summed E-state index contributed by atoms with van der Waals surface area (Å²) in [6.07, 6.45) is 1.90. The van der Waals surface area contributed by atoms with E-state index in [0.29, 0.717) is 18.7 Å². The van der Waals surface area contributed by atoms with Crippen molar-refractivity contribution in [1.29, 1.82) is 0 Å². The molecule has 5 rings (SSSR count). The van der Waals surface area contributed by atoms with Gasteiger partial charge in [0.15, 0.2) is 0 Å². The van der Waals surface area contributed by atoms with Crippen molar-refractivity contribution >= 4 is 34.2 Å². The highest BCUT2D eigenvalue weighted by Gasteiger charge is 2.33. The topological polar surface area (TPSA) is 98.6 Å². The van der Waals surface area contributed by atoms with Gasteiger partial charge < -0.3 is 19.7 Å². The maximum Gasteiger partial charge on any atom is 0.248 e. The van der Waals surface area contributed by atoms with Gasteiger partial charge in [-0.15, -0.1) is 16.4 Å². The largest absolute Gasteiger partial charge is 0.497 e. The van der Waals surface area contributed by atoms with E-state index < -0.39 is 6.04 Å². The van der Waals surface area contributed by atoms with E-state index in [2.05, 4.69) is 15.6 Å². The molecule has 1 N–H and O–H groups in total. The molecule has 1 aliphatic rings. The normalized spacial score (nSPS) is 16.0. The van der Waals surface area contributed by atoms with Crippen molar-refractivity contribution in [3.05, 3.63) is 76.5 Å². The minimum atomic E-state index is -0.800. The Morgan fingerprint density at radius 3 is 2.76 bits per heavy atom. The van der Waals surface area contributed by atoms with E-state index in [0.717, 1.165) is 34.5 Å². The third-order valence-electron chi connectivity index (χ3n) is 6.44. The molecule has 192 valence electrons. The van der Waals surface area contributed by atoms with Gasteiger partial charge in [-0.05, 0) is 54.1 Å². The number of methoxy groups -OCH3 is 1. The Balaban J connectivity index is 1.45. The Kier molecular flexibility index (Phi) is 7.76. The summed E-state index contributed by atoms with van der Waals surface area (Å²) in [6, 6.07) is 18.0. The van der Waals surface area contributed by atoms with E-state index in [1.54, 1.807) is 16.7 Å². The third kappa shape index (κ3) is 5.81. The zero-order chi connectivity index (χ0) is 25.6. The molecule has 0 aliphatic carbocycles. The summed E-state index contributed by atoms with van der Waals surface area (Å²) in [6.45, 7) is 1.32. The third-order valence-corrected chi connectivity index (χ3v) is 7.36. The molecule has 2 unspecified atom stereocenters. The fourth-order valence-electron chi connectivity index (χ4n) is 4.49. The van der Waals surface area contributed by atoms with Crippen molar-refractivity contribution in [3.8, 4) is 5.75 Å². The number of para-hydroxylation sites is 1. The van der Waals surface area contributed by atoms with Crippen LogP contribution in [-0.2, 0) is 27.4 Å². The van der Waals surface area contributed by atoms with Crippen LogP contribution in [0.25, 0.3) is 11.0 Å². The number of aromatic nitrogens is 3. The molecule has 1 aliphatic heterocycles. The number of nitrogens with one attached hydrogen (secondary N) is 1. The molecule has 0 bridgehead atoms. The van der Waals surface area contributed by atoms with Crippen molar-refractivity contribution in [2.24, 2.45) is 0 Å². The van der Waals surface area contributed by atoms with E-state index in [9.17, 15) is 9.59 Å². The van der Waals surface area contributed by atoms with Gasteiger partial charge in [0.05, 0.1) is 18.7 Å². The Labute approximate surface area is 219 Å². The van der Waals surface area contributed by atoms with Gasteiger partial charge in [0.1, 0.15) is 23.9 Å². The van der Waals surface area contributed by atoms with Crippen LogP contribution in [0.5, 0.6) is 5.75 Å². The quantitative estimate of drug-likeness (QED) is 0.344. The van der Waals surface area contributed by atoms with Gasteiger partial charge in [-0.2, -0.15) is 0 Å². The molecule has 3 heterocycles. The van der Waals surface area contributed by atoms with Crippen LogP contribution in [0.4, 0.5) is 0 Å². The van der Waals surface area contributed by atoms with Crippen molar-refractivity contribution in [1.82, 2.24) is 25.2 Å². The summed E-state index contributed by atoms with van der Waals surface area (Å²) in [5, 5.41) is 13.3. The zero-order valence-corrected chi connectivity index (χ0v) is 21.4. The summed E-state index contributed by atoms with van der Waals surface area (Å²) in [5.74, 6) is 0.250. The highest BCUT2D eigenvalue weighted by molar-refractivity contribution is 7.10. The summed E-state index contributed by atoms with van der Waals surface area (Å²) in [7, 11) is 1.61. The average molecular weight is 520 g/mol. The van der Waals surface area contributed by atoms with Crippen LogP contribution < -0.4 is 10.1 Å². The summed E-state index contributed by atoms with van der Waals surface area (Å²) in [4.78, 5) is 29.9. The summed E-state index contributed by atoms with van der Waals surface area (Å²) in [5.41, 5.74) is 2.35. The second-order valence-electron chi connectivity index (χ2n) is 8.90. The minimum Gasteiger partial charge on any atom is -0.497 e. The van der Waals surface area contributed by atoms with Crippen LogP contribution in [0.3, 0.4) is 0 Å². The predicted octanol–water partition coefficient (Wildman–Crippen LogP) is 3.57. The SMILES string of the molecule is COc1ccc(CN(C(=O)Cn2nnc3ccccc32)C(C(=O)NCC2CCCO2)c2cccs2)cc1. The van der Waals surface area contributed by atoms with Crippen LogP contribution in [-0.4, -0.2) is 58.1 Å². The number of rotatable bonds is 10. The lowest BCUT2D eigenvalue weighted by Gasteiger charge is -2.31. The first-order chi connectivity index (χ1) is 18.1. The number of thiophene rings is 1. The molecule has 10 heteroatoms. The molecule has 2 aromatic carbocycles. The number of fused-ring (bicyclic) bond motifs is 1. The molecule has 2 atom stereocenters. The molecule has 9 nitrogen and oxygen atoms in total. The number of nitrogens with zero attached hydrogens (tertiary/aromatic N) is 4. The highest BCUT2D eigenvalue weighted by atomic mass is 32.1. The lowest BCUT2D eigenvalue weighted by Crippen LogP contribution is -2.45. The van der Waals surface area contributed by atoms with Gasteiger partial charge in [-0.25, -0.2) is 4.68 Å². The first kappa shape index (κ1) is 24.9. The molecule has 4 aromatic rings. The van der Waals surface area contributed by atoms with Gasteiger partial charge in [0, 0.05) is 24.6 Å². The number of amides is 2. The fraction of sp³-hybridized carbons (Fsp3) is 0.333. The molecule has 2 aromatic heterocycles. The zero-order valence-electron chi connectivity index (χ0n) is 20.6. The number of hydrogen-bond acceptors (Lipinski definition) is 7. The van der Waals surface area contributed by atoms with Gasteiger partial charge in [-0.3, -0.25) is 9.59 Å². The first-order valence-corrected chi connectivity index (χ1v) is 13.1. The van der Waals surface area contributed by atoms with E-state index in [4.69, 9.17) is 9.47 Å². The van der Waals surface area contributed by atoms with E-state index in [-0.39, 0.29) is 31.0 Å². The second kappa shape index (κ2) is 11.5. The van der Waals surface area contributed by atoms with Crippen LogP contribution in [0.1, 0.15) is 29.3 Å². The lowest BCUT2D eigenvalue weighted by molar-refractivity contribution is -0.142. The van der Waals surface area contributed by atoms with E-state index >= 15 is 0 Å². The lowest BCUT2D eigenvalue weighted by atomic mass is 10.1. The molecule has 37 heavy (non-hydrogen) atoms. The standard InChI is InChI=1S/C27H29N5O4S/c1-35-20-12-10-19(11-13-20)17-31(25(33)18-32-23-8-3-2-7-22(23)29-30-32)26(24-9-5-15-37-24)27(34)28-16-21-6-4-14-36-21/h2-3,5,7-13,15,21,26H,4,6,14,16-18H2,1H3,(H,28,34). The number of carbonyl (C=O) groups excluding carboxylic acids is 2. The maximum atomic E-state index is 13.9. The summed E-state index contributed by atoms with van der Waals surface area (Å²) < 4.78 is 12.5. The molecule has 1 fully saturated rings. The predicted molar refractivity (Wildman–Crippen MR) is 140 cm³/mol. The highest BCUT2D eigenvalue weighted by Crippen LogP contribution is 2.29. The van der Waals surface area contributed by atoms with Crippen molar-refractivity contribution in [2.45, 2.75) is 38.1 Å². The summed E-state index contributed by atoms with van der Waals surface area (Å²) >= 11 is 1.45. The Morgan fingerprint density at radius 2 is 2.03 bits per heavy atom. The molecular weight excluding hydrogens is 490 g/mol. The smallest absolute Gasteiger partial charge is 0.248 e. The molecule has 0 radical (unpaired) electrons. The number of ether oxygens (including phenoxy) is 2. The van der Waals surface area contributed by atoms with Gasteiger partial charge in [-0.1, -0.05) is 35.5 Å². The second-order valence-corrected chi connectivity index (χ2v) is 9.88. The fourth-order valence-corrected chi connectivity index (χ4v) is 5.33. The molecule has 2 amide bonds. The Bertz CT molecular complexity index is 1330. The Morgan fingerprint density at radius 1 is 1.19 bits per heavy atom. The van der Waals surface area contributed by atoms with Crippen molar-refractivity contribution in [3.63, 3.8) is 0 Å². The average Bonchev–Trinajstić information content (AvgIpc) is 3.71. The number of hydrogen-bond donors (Lipinski definition) is 1. The molecule has 0 saturated carbocycles. The van der Waals surface area contributed by atoms with Crippen LogP contribution in [0.2, 0.25) is 0 Å². The molecular formula is C27H29N5O4S. The van der Waals surface area contributed by atoms with Gasteiger partial charge in [0.2, 0.25) is 11.8 Å². The van der Waals surface area contributed by atoms with Crippen LogP contribution in [0, 0.1) is 0 Å². The number of benzene rings is 2. The van der Waals surface area contributed by atoms with E-state index in [1.807, 2.05) is 66.0 Å². The van der Waals surface area contributed by atoms with Crippen molar-refractivity contribution < 1.29 is 19.1 Å². The van der Waals surface area contributed by atoms with Crippen LogP contribution in [0.15, 0.2) is 66.0 Å².